The molecule has 4 nitrogen and oxygen atoms in total. The van der Waals surface area contributed by atoms with Gasteiger partial charge in [-0.1, -0.05) is 13.8 Å². The van der Waals surface area contributed by atoms with E-state index in [4.69, 9.17) is 0 Å². The maximum Gasteiger partial charge on any atom is 0.280 e. The molecule has 0 bridgehead atoms. The molecule has 88 valence electrons. The Bertz CT molecular complexity index is 421. The van der Waals surface area contributed by atoms with Gasteiger partial charge in [0.15, 0.2) is 0 Å². The number of piperidine rings is 1. The van der Waals surface area contributed by atoms with E-state index in [2.05, 4.69) is 44.9 Å². The zero-order valence-corrected chi connectivity index (χ0v) is 11.1. The summed E-state index contributed by atoms with van der Waals surface area (Å²) in [5, 5.41) is 6.28. The number of halogens is 1. The first kappa shape index (κ1) is 11.6. The molecule has 0 saturated carbocycles. The molecule has 5 heteroatoms. The minimum Gasteiger partial charge on any atom is -0.369 e. The highest BCUT2D eigenvalue weighted by Crippen LogP contribution is 2.28. The van der Waals surface area contributed by atoms with Crippen LogP contribution in [0, 0.1) is 11.8 Å². The van der Waals surface area contributed by atoms with E-state index in [0.717, 1.165) is 18.8 Å². The third-order valence-electron chi connectivity index (χ3n) is 2.99. The standard InChI is InChI=1S/C11H16BrN3O/c1-7-3-8(2)6-15(5-7)9-4-13-14-11(16)10(9)12/h4,7-8H,3,5-6H2,1-2H3,(H,14,16)/t7-,8+. The molecule has 0 unspecified atom stereocenters. The fraction of sp³-hybridized carbons (Fsp3) is 0.636. The SMILES string of the molecule is C[C@@H]1C[C@H](C)CN(c2cn[nH]c(=O)c2Br)C1. The smallest absolute Gasteiger partial charge is 0.280 e. The number of hydrogen-bond donors (Lipinski definition) is 1. The van der Waals surface area contributed by atoms with E-state index < -0.39 is 0 Å². The fourth-order valence-electron chi connectivity index (χ4n) is 2.45. The van der Waals surface area contributed by atoms with Gasteiger partial charge in [-0.25, -0.2) is 5.10 Å². The average molecular weight is 286 g/mol. The zero-order valence-electron chi connectivity index (χ0n) is 9.53. The molecule has 0 aromatic carbocycles. The lowest BCUT2D eigenvalue weighted by molar-refractivity contribution is 0.356. The molecule has 2 heterocycles. The first-order valence-electron chi connectivity index (χ1n) is 5.56. The average Bonchev–Trinajstić information content (AvgIpc) is 2.20. The summed E-state index contributed by atoms with van der Waals surface area (Å²) in [5.74, 6) is 1.32. The van der Waals surface area contributed by atoms with Crippen molar-refractivity contribution in [1.29, 1.82) is 0 Å². The molecule has 2 atom stereocenters. The van der Waals surface area contributed by atoms with Gasteiger partial charge in [0.2, 0.25) is 0 Å². The van der Waals surface area contributed by atoms with Gasteiger partial charge in [0, 0.05) is 13.1 Å². The monoisotopic (exact) mass is 285 g/mol. The van der Waals surface area contributed by atoms with Crippen LogP contribution in [0.4, 0.5) is 5.69 Å². The van der Waals surface area contributed by atoms with E-state index in [1.165, 1.54) is 6.42 Å². The lowest BCUT2D eigenvalue weighted by Crippen LogP contribution is -2.39. The van der Waals surface area contributed by atoms with Crippen molar-refractivity contribution < 1.29 is 0 Å². The van der Waals surface area contributed by atoms with Crippen LogP contribution in [0.25, 0.3) is 0 Å². The second-order valence-corrected chi connectivity index (χ2v) is 5.54. The van der Waals surface area contributed by atoms with Crippen molar-refractivity contribution in [1.82, 2.24) is 10.2 Å². The summed E-state index contributed by atoms with van der Waals surface area (Å²) in [6.07, 6.45) is 2.97. The Morgan fingerprint density at radius 1 is 1.44 bits per heavy atom. The molecule has 0 aliphatic carbocycles. The van der Waals surface area contributed by atoms with E-state index in [1.54, 1.807) is 6.20 Å². The summed E-state index contributed by atoms with van der Waals surface area (Å²) in [5.41, 5.74) is 0.741. The number of nitrogens with zero attached hydrogens (tertiary/aromatic N) is 2. The highest BCUT2D eigenvalue weighted by molar-refractivity contribution is 9.10. The Balaban J connectivity index is 2.30. The predicted molar refractivity (Wildman–Crippen MR) is 67.7 cm³/mol. The topological polar surface area (TPSA) is 49.0 Å². The van der Waals surface area contributed by atoms with Crippen molar-refractivity contribution >= 4 is 21.6 Å². The van der Waals surface area contributed by atoms with E-state index in [0.29, 0.717) is 16.3 Å². The molecule has 1 aromatic rings. The summed E-state index contributed by atoms with van der Waals surface area (Å²) < 4.78 is 0.587. The number of hydrogen-bond acceptors (Lipinski definition) is 3. The van der Waals surface area contributed by atoms with Crippen LogP contribution in [-0.2, 0) is 0 Å². The van der Waals surface area contributed by atoms with E-state index in [-0.39, 0.29) is 5.56 Å². The first-order chi connectivity index (χ1) is 7.58. The Morgan fingerprint density at radius 3 is 2.69 bits per heavy atom. The quantitative estimate of drug-likeness (QED) is 0.859. The number of aromatic nitrogens is 2. The highest BCUT2D eigenvalue weighted by Gasteiger charge is 2.24. The molecular weight excluding hydrogens is 270 g/mol. The number of nitrogens with one attached hydrogen (secondary N) is 1. The van der Waals surface area contributed by atoms with Crippen LogP contribution in [0.15, 0.2) is 15.5 Å². The summed E-state index contributed by atoms with van der Waals surface area (Å²) >= 11 is 3.33. The lowest BCUT2D eigenvalue weighted by atomic mass is 9.92. The van der Waals surface area contributed by atoms with Gasteiger partial charge in [-0.05, 0) is 34.2 Å². The van der Waals surface area contributed by atoms with Crippen molar-refractivity contribution in [2.75, 3.05) is 18.0 Å². The van der Waals surface area contributed by atoms with Gasteiger partial charge in [0.25, 0.3) is 5.56 Å². The van der Waals surface area contributed by atoms with Crippen LogP contribution in [-0.4, -0.2) is 23.3 Å². The lowest BCUT2D eigenvalue weighted by Gasteiger charge is -2.36. The molecule has 1 N–H and O–H groups in total. The van der Waals surface area contributed by atoms with Crippen molar-refractivity contribution in [3.8, 4) is 0 Å². The summed E-state index contributed by atoms with van der Waals surface area (Å²) in [6.45, 7) is 6.48. The molecule has 0 spiro atoms. The number of anilines is 1. The predicted octanol–water partition coefficient (Wildman–Crippen LogP) is 2.01. The highest BCUT2D eigenvalue weighted by atomic mass is 79.9. The Morgan fingerprint density at radius 2 is 2.06 bits per heavy atom. The van der Waals surface area contributed by atoms with Gasteiger partial charge in [0.05, 0.1) is 11.9 Å². The van der Waals surface area contributed by atoms with Gasteiger partial charge >= 0.3 is 0 Å². The summed E-state index contributed by atoms with van der Waals surface area (Å²) in [7, 11) is 0. The van der Waals surface area contributed by atoms with Crippen LogP contribution < -0.4 is 10.5 Å². The second kappa shape index (κ2) is 4.57. The minimum atomic E-state index is -0.164. The van der Waals surface area contributed by atoms with E-state index >= 15 is 0 Å². The Kier molecular flexibility index (Phi) is 3.33. The zero-order chi connectivity index (χ0) is 11.7. The first-order valence-corrected chi connectivity index (χ1v) is 6.35. The van der Waals surface area contributed by atoms with Crippen LogP contribution >= 0.6 is 15.9 Å². The molecule has 1 fully saturated rings. The Hall–Kier alpha value is -0.840. The Labute approximate surface area is 103 Å². The van der Waals surface area contributed by atoms with Crippen molar-refractivity contribution in [3.63, 3.8) is 0 Å². The van der Waals surface area contributed by atoms with Crippen LogP contribution in [0.1, 0.15) is 20.3 Å². The molecular formula is C11H16BrN3O. The van der Waals surface area contributed by atoms with Crippen LogP contribution in [0.5, 0.6) is 0 Å². The van der Waals surface area contributed by atoms with Gasteiger partial charge in [0.1, 0.15) is 4.47 Å². The number of rotatable bonds is 1. The van der Waals surface area contributed by atoms with Gasteiger partial charge in [-0.2, -0.15) is 5.10 Å². The van der Waals surface area contributed by atoms with E-state index in [1.807, 2.05) is 0 Å². The van der Waals surface area contributed by atoms with Crippen molar-refractivity contribution in [3.05, 3.63) is 21.0 Å². The summed E-state index contributed by atoms with van der Waals surface area (Å²) in [4.78, 5) is 13.7. The second-order valence-electron chi connectivity index (χ2n) is 4.75. The van der Waals surface area contributed by atoms with Gasteiger partial charge in [-0.3, -0.25) is 4.79 Å². The van der Waals surface area contributed by atoms with Gasteiger partial charge in [-0.15, -0.1) is 0 Å². The van der Waals surface area contributed by atoms with Crippen LogP contribution in [0.2, 0.25) is 0 Å². The maximum absolute atomic E-state index is 11.5. The normalized spacial score (nSPS) is 25.8. The number of aromatic amines is 1. The molecule has 2 rings (SSSR count). The third-order valence-corrected chi connectivity index (χ3v) is 3.75. The molecule has 1 aliphatic rings. The molecule has 1 aliphatic heterocycles. The van der Waals surface area contributed by atoms with E-state index in [9.17, 15) is 4.79 Å². The molecule has 0 radical (unpaired) electrons. The minimum absolute atomic E-state index is 0.164. The fourth-order valence-corrected chi connectivity index (χ4v) is 2.90. The molecule has 16 heavy (non-hydrogen) atoms. The van der Waals surface area contributed by atoms with Crippen molar-refractivity contribution in [2.24, 2.45) is 11.8 Å². The van der Waals surface area contributed by atoms with Crippen molar-refractivity contribution in [2.45, 2.75) is 20.3 Å². The molecule has 1 saturated heterocycles. The molecule has 1 aromatic heterocycles. The maximum atomic E-state index is 11.5. The number of H-pyrrole nitrogens is 1. The summed E-state index contributed by atoms with van der Waals surface area (Å²) in [6, 6.07) is 0. The van der Waals surface area contributed by atoms with Crippen LogP contribution in [0.3, 0.4) is 0 Å². The largest absolute Gasteiger partial charge is 0.369 e. The molecule has 0 amide bonds. The van der Waals surface area contributed by atoms with Gasteiger partial charge < -0.3 is 4.90 Å². The third kappa shape index (κ3) is 2.29.